The van der Waals surface area contributed by atoms with Crippen molar-refractivity contribution in [1.82, 2.24) is 19.7 Å². The topological polar surface area (TPSA) is 46.8 Å². The van der Waals surface area contributed by atoms with Crippen molar-refractivity contribution in [2.24, 2.45) is 0 Å². The van der Waals surface area contributed by atoms with Crippen molar-refractivity contribution in [3.8, 4) is 0 Å². The van der Waals surface area contributed by atoms with Gasteiger partial charge in [-0.1, -0.05) is 18.2 Å². The van der Waals surface area contributed by atoms with Crippen LogP contribution in [0.15, 0.2) is 48.7 Å². The van der Waals surface area contributed by atoms with Crippen LogP contribution < -0.4 is 4.90 Å². The highest BCUT2D eigenvalue weighted by Gasteiger charge is 2.23. The molecule has 4 rings (SSSR count). The zero-order valence-electron chi connectivity index (χ0n) is 16.3. The van der Waals surface area contributed by atoms with E-state index in [2.05, 4.69) is 31.6 Å². The number of pyridine rings is 1. The molecule has 0 radical (unpaired) electrons. The number of hydrogen-bond acceptors (Lipinski definition) is 4. The molecule has 0 bridgehead atoms. The molecule has 1 aliphatic heterocycles. The van der Waals surface area contributed by atoms with Gasteiger partial charge in [-0.15, -0.1) is 10.2 Å². The second-order valence-electron chi connectivity index (χ2n) is 7.32. The highest BCUT2D eigenvalue weighted by molar-refractivity contribution is 5.33. The summed E-state index contributed by atoms with van der Waals surface area (Å²) in [6, 6.07) is 12.9. The first-order valence-corrected chi connectivity index (χ1v) is 10.1. The maximum atomic E-state index is 13.2. The molecule has 1 atom stereocenters. The quantitative estimate of drug-likeness (QED) is 0.667. The minimum absolute atomic E-state index is 0.171. The molecule has 28 heavy (non-hydrogen) atoms. The molecule has 1 saturated heterocycles. The minimum atomic E-state index is -0.171. The standard InChI is InChI=1S/C22H26FN5/c1-2-28-21(16-20-7-3-4-13-24-20)25-26-22(28)27-14-5-6-17(12-15-27)18-8-10-19(23)11-9-18/h3-4,7-11,13,17H,2,5-6,12,14-16H2,1H3. The molecule has 3 heterocycles. The Labute approximate surface area is 165 Å². The van der Waals surface area contributed by atoms with Gasteiger partial charge in [0.15, 0.2) is 0 Å². The largest absolute Gasteiger partial charge is 0.341 e. The van der Waals surface area contributed by atoms with Crippen molar-refractivity contribution in [2.75, 3.05) is 18.0 Å². The second-order valence-corrected chi connectivity index (χ2v) is 7.32. The van der Waals surface area contributed by atoms with Gasteiger partial charge >= 0.3 is 0 Å². The van der Waals surface area contributed by atoms with Crippen LogP contribution in [0.4, 0.5) is 10.3 Å². The molecule has 0 N–H and O–H groups in total. The molecule has 1 aliphatic rings. The first kappa shape index (κ1) is 18.6. The summed E-state index contributed by atoms with van der Waals surface area (Å²) in [5, 5.41) is 8.98. The third kappa shape index (κ3) is 4.06. The Morgan fingerprint density at radius 2 is 1.89 bits per heavy atom. The fourth-order valence-electron chi connectivity index (χ4n) is 4.04. The molecule has 0 saturated carbocycles. The van der Waals surface area contributed by atoms with Crippen LogP contribution in [0.25, 0.3) is 0 Å². The summed E-state index contributed by atoms with van der Waals surface area (Å²) >= 11 is 0. The third-order valence-corrected chi connectivity index (χ3v) is 5.54. The van der Waals surface area contributed by atoms with E-state index in [1.54, 1.807) is 12.1 Å². The number of rotatable bonds is 5. The number of halogens is 1. The molecule has 1 unspecified atom stereocenters. The highest BCUT2D eigenvalue weighted by Crippen LogP contribution is 2.30. The van der Waals surface area contributed by atoms with Crippen molar-refractivity contribution in [1.29, 1.82) is 0 Å². The second kappa shape index (κ2) is 8.50. The van der Waals surface area contributed by atoms with E-state index in [9.17, 15) is 4.39 Å². The van der Waals surface area contributed by atoms with Crippen LogP contribution in [0.5, 0.6) is 0 Å². The molecule has 146 valence electrons. The Hall–Kier alpha value is -2.76. The van der Waals surface area contributed by atoms with Crippen LogP contribution in [0, 0.1) is 5.82 Å². The summed E-state index contributed by atoms with van der Waals surface area (Å²) in [7, 11) is 0. The maximum absolute atomic E-state index is 13.2. The van der Waals surface area contributed by atoms with Gasteiger partial charge < -0.3 is 4.90 Å². The van der Waals surface area contributed by atoms with E-state index < -0.39 is 0 Å². The predicted octanol–water partition coefficient (Wildman–Crippen LogP) is 4.20. The minimum Gasteiger partial charge on any atom is -0.341 e. The summed E-state index contributed by atoms with van der Waals surface area (Å²) < 4.78 is 15.4. The van der Waals surface area contributed by atoms with Crippen molar-refractivity contribution >= 4 is 5.95 Å². The zero-order chi connectivity index (χ0) is 19.3. The van der Waals surface area contributed by atoms with Crippen molar-refractivity contribution in [3.63, 3.8) is 0 Å². The van der Waals surface area contributed by atoms with Crippen LogP contribution in [0.2, 0.25) is 0 Å². The summed E-state index contributed by atoms with van der Waals surface area (Å²) in [6.45, 7) is 4.87. The van der Waals surface area contributed by atoms with Crippen molar-refractivity contribution in [3.05, 3.63) is 71.6 Å². The van der Waals surface area contributed by atoms with E-state index in [1.807, 2.05) is 36.5 Å². The smallest absolute Gasteiger partial charge is 0.227 e. The summed E-state index contributed by atoms with van der Waals surface area (Å²) in [5.74, 6) is 2.20. The van der Waals surface area contributed by atoms with Gasteiger partial charge in [0.05, 0.1) is 6.42 Å². The van der Waals surface area contributed by atoms with Gasteiger partial charge in [-0.2, -0.15) is 0 Å². The number of benzene rings is 1. The van der Waals surface area contributed by atoms with Crippen LogP contribution in [-0.2, 0) is 13.0 Å². The monoisotopic (exact) mass is 379 g/mol. The normalized spacial score (nSPS) is 17.5. The maximum Gasteiger partial charge on any atom is 0.227 e. The Morgan fingerprint density at radius 3 is 2.64 bits per heavy atom. The van der Waals surface area contributed by atoms with Gasteiger partial charge in [0, 0.05) is 31.5 Å². The van der Waals surface area contributed by atoms with Crippen LogP contribution in [0.3, 0.4) is 0 Å². The zero-order valence-corrected chi connectivity index (χ0v) is 16.3. The lowest BCUT2D eigenvalue weighted by Gasteiger charge is -2.22. The number of nitrogens with zero attached hydrogens (tertiary/aromatic N) is 5. The highest BCUT2D eigenvalue weighted by atomic mass is 19.1. The van der Waals surface area contributed by atoms with Gasteiger partial charge in [0.2, 0.25) is 5.95 Å². The van der Waals surface area contributed by atoms with Gasteiger partial charge in [0.25, 0.3) is 0 Å². The van der Waals surface area contributed by atoms with Crippen LogP contribution >= 0.6 is 0 Å². The van der Waals surface area contributed by atoms with E-state index in [4.69, 9.17) is 0 Å². The molecular formula is C22H26FN5. The van der Waals surface area contributed by atoms with Crippen molar-refractivity contribution < 1.29 is 4.39 Å². The van der Waals surface area contributed by atoms with E-state index in [-0.39, 0.29) is 5.82 Å². The van der Waals surface area contributed by atoms with Crippen LogP contribution in [0.1, 0.15) is 49.2 Å². The van der Waals surface area contributed by atoms with Gasteiger partial charge in [-0.3, -0.25) is 9.55 Å². The number of anilines is 1. The average molecular weight is 379 g/mol. The summed E-state index contributed by atoms with van der Waals surface area (Å²) in [6.07, 6.45) is 5.75. The molecule has 3 aromatic rings. The lowest BCUT2D eigenvalue weighted by atomic mass is 9.92. The number of hydrogen-bond donors (Lipinski definition) is 0. The van der Waals surface area contributed by atoms with Gasteiger partial charge in [-0.05, 0) is 61.9 Å². The molecule has 6 heteroatoms. The fraction of sp³-hybridized carbons (Fsp3) is 0.409. The average Bonchev–Trinajstić information content (AvgIpc) is 2.96. The van der Waals surface area contributed by atoms with Crippen molar-refractivity contribution in [2.45, 2.75) is 45.1 Å². The molecule has 1 fully saturated rings. The third-order valence-electron chi connectivity index (χ3n) is 5.54. The lowest BCUT2D eigenvalue weighted by Crippen LogP contribution is -2.27. The number of aromatic nitrogens is 4. The van der Waals surface area contributed by atoms with E-state index in [1.165, 1.54) is 5.56 Å². The molecule has 5 nitrogen and oxygen atoms in total. The Bertz CT molecular complexity index is 891. The van der Waals surface area contributed by atoms with E-state index in [0.29, 0.717) is 12.3 Å². The molecule has 2 aromatic heterocycles. The lowest BCUT2D eigenvalue weighted by molar-refractivity contribution is 0.601. The summed E-state index contributed by atoms with van der Waals surface area (Å²) in [5.41, 5.74) is 2.24. The molecule has 0 aliphatic carbocycles. The Balaban J connectivity index is 1.49. The first-order valence-electron chi connectivity index (χ1n) is 10.1. The fourth-order valence-corrected chi connectivity index (χ4v) is 4.04. The van der Waals surface area contributed by atoms with E-state index in [0.717, 1.165) is 56.4 Å². The Kier molecular flexibility index (Phi) is 5.65. The molecule has 0 spiro atoms. The SMILES string of the molecule is CCn1c(Cc2ccccn2)nnc1N1CCCC(c2ccc(F)cc2)CC1. The predicted molar refractivity (Wildman–Crippen MR) is 108 cm³/mol. The Morgan fingerprint density at radius 1 is 1.04 bits per heavy atom. The molecular weight excluding hydrogens is 353 g/mol. The summed E-state index contributed by atoms with van der Waals surface area (Å²) in [4.78, 5) is 6.76. The van der Waals surface area contributed by atoms with Crippen LogP contribution in [-0.4, -0.2) is 32.8 Å². The molecule has 1 aromatic carbocycles. The first-order chi connectivity index (χ1) is 13.7. The van der Waals surface area contributed by atoms with Gasteiger partial charge in [0.1, 0.15) is 11.6 Å². The molecule has 0 amide bonds. The van der Waals surface area contributed by atoms with Gasteiger partial charge in [-0.25, -0.2) is 4.39 Å². The van der Waals surface area contributed by atoms with E-state index >= 15 is 0 Å².